The van der Waals surface area contributed by atoms with E-state index in [1.807, 2.05) is 6.07 Å². The first-order chi connectivity index (χ1) is 6.71. The van der Waals surface area contributed by atoms with E-state index in [0.717, 1.165) is 24.1 Å². The molecule has 0 bridgehead atoms. The number of phenols is 1. The van der Waals surface area contributed by atoms with Crippen molar-refractivity contribution in [1.82, 2.24) is 5.32 Å². The predicted molar refractivity (Wildman–Crippen MR) is 51.2 cm³/mol. The first-order valence-corrected chi connectivity index (χ1v) is 4.63. The molecule has 2 amide bonds. The summed E-state index contributed by atoms with van der Waals surface area (Å²) in [6.07, 6.45) is 1.82. The zero-order valence-electron chi connectivity index (χ0n) is 7.50. The Bertz CT molecular complexity index is 424. The Morgan fingerprint density at radius 2 is 2.14 bits per heavy atom. The molecule has 3 N–H and O–H groups in total. The van der Waals surface area contributed by atoms with Crippen molar-refractivity contribution >= 4 is 11.7 Å². The highest BCUT2D eigenvalue weighted by Gasteiger charge is 2.51. The SMILES string of the molecule is O=C1Nc2cccc(O)c2C2(CC2)N1. The molecule has 1 aliphatic heterocycles. The summed E-state index contributed by atoms with van der Waals surface area (Å²) >= 11 is 0. The van der Waals surface area contributed by atoms with E-state index in [0.29, 0.717) is 0 Å². The van der Waals surface area contributed by atoms with Crippen LogP contribution in [0.25, 0.3) is 0 Å². The molecule has 1 heterocycles. The number of hydrogen-bond acceptors (Lipinski definition) is 2. The van der Waals surface area contributed by atoms with Crippen LogP contribution < -0.4 is 10.6 Å². The molecule has 0 radical (unpaired) electrons. The standard InChI is InChI=1S/C10H10N2O2/c13-7-3-1-2-6-8(7)10(4-5-10)12-9(14)11-6/h1-3,13H,4-5H2,(H2,11,12,14). The molecule has 0 aromatic heterocycles. The van der Waals surface area contributed by atoms with Crippen molar-refractivity contribution in [1.29, 1.82) is 0 Å². The summed E-state index contributed by atoms with van der Waals surface area (Å²) in [6, 6.07) is 5.02. The van der Waals surface area contributed by atoms with E-state index in [4.69, 9.17) is 0 Å². The summed E-state index contributed by atoms with van der Waals surface area (Å²) < 4.78 is 0. The van der Waals surface area contributed by atoms with Crippen molar-refractivity contribution in [3.63, 3.8) is 0 Å². The van der Waals surface area contributed by atoms with Crippen molar-refractivity contribution in [2.24, 2.45) is 0 Å². The van der Waals surface area contributed by atoms with Crippen molar-refractivity contribution in [3.05, 3.63) is 23.8 Å². The Balaban J connectivity index is 2.23. The fraction of sp³-hybridized carbons (Fsp3) is 0.300. The van der Waals surface area contributed by atoms with Gasteiger partial charge in [0.25, 0.3) is 0 Å². The molecule has 1 aromatic rings. The summed E-state index contributed by atoms with van der Waals surface area (Å²) in [5.74, 6) is 0.257. The molecule has 3 rings (SSSR count). The molecule has 4 heteroatoms. The largest absolute Gasteiger partial charge is 0.507 e. The van der Waals surface area contributed by atoms with Gasteiger partial charge in [-0.2, -0.15) is 0 Å². The Hall–Kier alpha value is -1.71. The van der Waals surface area contributed by atoms with Crippen molar-refractivity contribution in [2.75, 3.05) is 5.32 Å². The minimum atomic E-state index is -0.289. The third kappa shape index (κ3) is 0.852. The number of rotatable bonds is 0. The van der Waals surface area contributed by atoms with Crippen LogP contribution in [-0.2, 0) is 5.54 Å². The van der Waals surface area contributed by atoms with Crippen LogP contribution in [-0.4, -0.2) is 11.1 Å². The Kier molecular flexibility index (Phi) is 1.21. The fourth-order valence-corrected chi connectivity index (χ4v) is 2.08. The van der Waals surface area contributed by atoms with E-state index in [2.05, 4.69) is 10.6 Å². The quantitative estimate of drug-likeness (QED) is 0.580. The van der Waals surface area contributed by atoms with Gasteiger partial charge in [-0.15, -0.1) is 0 Å². The average Bonchev–Trinajstić information content (AvgIpc) is 2.84. The Labute approximate surface area is 80.9 Å². The molecular formula is C10H10N2O2. The molecular weight excluding hydrogens is 180 g/mol. The summed E-state index contributed by atoms with van der Waals surface area (Å²) in [5.41, 5.74) is 1.27. The number of nitrogens with one attached hydrogen (secondary N) is 2. The maximum absolute atomic E-state index is 11.3. The third-order valence-corrected chi connectivity index (χ3v) is 2.87. The van der Waals surface area contributed by atoms with Gasteiger partial charge in [0.1, 0.15) is 5.75 Å². The molecule has 0 atom stereocenters. The topological polar surface area (TPSA) is 61.4 Å². The van der Waals surface area contributed by atoms with Gasteiger partial charge in [-0.1, -0.05) is 6.07 Å². The second-order valence-corrected chi connectivity index (χ2v) is 3.86. The van der Waals surface area contributed by atoms with Crippen LogP contribution in [0.4, 0.5) is 10.5 Å². The summed E-state index contributed by atoms with van der Waals surface area (Å²) in [6.45, 7) is 0. The molecule has 4 nitrogen and oxygen atoms in total. The van der Waals surface area contributed by atoms with Crippen LogP contribution in [0, 0.1) is 0 Å². The van der Waals surface area contributed by atoms with Gasteiger partial charge < -0.3 is 15.7 Å². The molecule has 0 saturated heterocycles. The highest BCUT2D eigenvalue weighted by atomic mass is 16.3. The number of hydrogen-bond donors (Lipinski definition) is 3. The number of carbonyl (C=O) groups is 1. The highest BCUT2D eigenvalue weighted by molar-refractivity contribution is 5.95. The van der Waals surface area contributed by atoms with Crippen LogP contribution in [0.2, 0.25) is 0 Å². The summed E-state index contributed by atoms with van der Waals surface area (Å²) in [7, 11) is 0. The minimum Gasteiger partial charge on any atom is -0.507 e. The van der Waals surface area contributed by atoms with Gasteiger partial charge in [-0.25, -0.2) is 4.79 Å². The smallest absolute Gasteiger partial charge is 0.319 e. The van der Waals surface area contributed by atoms with Crippen LogP contribution in [0.15, 0.2) is 18.2 Å². The minimum absolute atomic E-state index is 0.180. The van der Waals surface area contributed by atoms with E-state index in [1.54, 1.807) is 12.1 Å². The number of carbonyl (C=O) groups excluding carboxylic acids is 1. The van der Waals surface area contributed by atoms with Gasteiger partial charge in [-0.3, -0.25) is 0 Å². The van der Waals surface area contributed by atoms with E-state index in [1.165, 1.54) is 0 Å². The lowest BCUT2D eigenvalue weighted by Crippen LogP contribution is -2.42. The van der Waals surface area contributed by atoms with Gasteiger partial charge in [0.2, 0.25) is 0 Å². The van der Waals surface area contributed by atoms with Crippen molar-refractivity contribution in [2.45, 2.75) is 18.4 Å². The number of benzene rings is 1. The van der Waals surface area contributed by atoms with Crippen LogP contribution in [0.5, 0.6) is 5.75 Å². The predicted octanol–water partition coefficient (Wildman–Crippen LogP) is 1.52. The average molecular weight is 190 g/mol. The second kappa shape index (κ2) is 2.20. The lowest BCUT2D eigenvalue weighted by molar-refractivity contribution is 0.245. The van der Waals surface area contributed by atoms with Crippen molar-refractivity contribution < 1.29 is 9.90 Å². The lowest BCUT2D eigenvalue weighted by atomic mass is 9.99. The molecule has 72 valence electrons. The maximum Gasteiger partial charge on any atom is 0.319 e. The Morgan fingerprint density at radius 3 is 2.86 bits per heavy atom. The molecule has 1 fully saturated rings. The monoisotopic (exact) mass is 190 g/mol. The number of phenolic OH excluding ortho intramolecular Hbond substituents is 1. The van der Waals surface area contributed by atoms with Gasteiger partial charge in [0.05, 0.1) is 11.2 Å². The second-order valence-electron chi connectivity index (χ2n) is 3.86. The van der Waals surface area contributed by atoms with E-state index in [-0.39, 0.29) is 17.3 Å². The Morgan fingerprint density at radius 1 is 1.36 bits per heavy atom. The molecule has 1 saturated carbocycles. The number of anilines is 1. The molecule has 1 aromatic carbocycles. The third-order valence-electron chi connectivity index (χ3n) is 2.87. The van der Waals surface area contributed by atoms with Gasteiger partial charge in [-0.05, 0) is 25.0 Å². The van der Waals surface area contributed by atoms with Crippen LogP contribution in [0.3, 0.4) is 0 Å². The fourth-order valence-electron chi connectivity index (χ4n) is 2.08. The van der Waals surface area contributed by atoms with Crippen molar-refractivity contribution in [3.8, 4) is 5.75 Å². The molecule has 14 heavy (non-hydrogen) atoms. The maximum atomic E-state index is 11.3. The van der Waals surface area contributed by atoms with Gasteiger partial charge in [0.15, 0.2) is 0 Å². The van der Waals surface area contributed by atoms with Crippen LogP contribution >= 0.6 is 0 Å². The molecule has 0 unspecified atom stereocenters. The number of fused-ring (bicyclic) bond motifs is 2. The van der Waals surface area contributed by atoms with Gasteiger partial charge in [0, 0.05) is 5.56 Å². The zero-order chi connectivity index (χ0) is 9.76. The normalized spacial score (nSPS) is 21.0. The lowest BCUT2D eigenvalue weighted by Gasteiger charge is -2.27. The summed E-state index contributed by atoms with van der Waals surface area (Å²) in [4.78, 5) is 11.3. The number of urea groups is 1. The van der Waals surface area contributed by atoms with E-state index >= 15 is 0 Å². The molecule has 2 aliphatic rings. The molecule has 1 aliphatic carbocycles. The first-order valence-electron chi connectivity index (χ1n) is 4.63. The van der Waals surface area contributed by atoms with Crippen LogP contribution in [0.1, 0.15) is 18.4 Å². The first kappa shape index (κ1) is 7.67. The highest BCUT2D eigenvalue weighted by Crippen LogP contribution is 2.53. The number of aromatic hydroxyl groups is 1. The summed E-state index contributed by atoms with van der Waals surface area (Å²) in [5, 5.41) is 15.3. The zero-order valence-corrected chi connectivity index (χ0v) is 7.50. The van der Waals surface area contributed by atoms with E-state index < -0.39 is 0 Å². The molecule has 1 spiro atoms. The van der Waals surface area contributed by atoms with Gasteiger partial charge >= 0.3 is 6.03 Å². The van der Waals surface area contributed by atoms with E-state index in [9.17, 15) is 9.90 Å². The number of amides is 2.